The molecule has 2 N–H and O–H groups in total. The normalized spacial score (nSPS) is 10.4. The summed E-state index contributed by atoms with van der Waals surface area (Å²) in [5.41, 5.74) is 3.96. The molecule has 0 aliphatic heterocycles. The van der Waals surface area contributed by atoms with E-state index in [0.717, 1.165) is 27.4 Å². The standard InChI is InChI=1S/C15H16ClNO/c1-10-8-15(18)11(2)7-14(10)17-9-12-5-3-4-6-13(12)16/h3-8,17-18H,9H2,1-2H3. The van der Waals surface area contributed by atoms with Crippen LogP contribution in [0.4, 0.5) is 5.69 Å². The molecule has 2 aromatic carbocycles. The summed E-state index contributed by atoms with van der Waals surface area (Å²) in [5.74, 6) is 0.329. The number of nitrogens with one attached hydrogen (secondary N) is 1. The van der Waals surface area contributed by atoms with Crippen molar-refractivity contribution in [1.82, 2.24) is 0 Å². The zero-order chi connectivity index (χ0) is 13.1. The summed E-state index contributed by atoms with van der Waals surface area (Å²) in [4.78, 5) is 0. The lowest BCUT2D eigenvalue weighted by atomic mass is 10.1. The van der Waals surface area contributed by atoms with Crippen LogP contribution < -0.4 is 5.32 Å². The molecule has 0 bridgehead atoms. The van der Waals surface area contributed by atoms with E-state index >= 15 is 0 Å². The molecular formula is C15H16ClNO. The maximum absolute atomic E-state index is 9.61. The second-order valence-corrected chi connectivity index (χ2v) is 4.81. The Morgan fingerprint density at radius 2 is 1.83 bits per heavy atom. The highest BCUT2D eigenvalue weighted by Crippen LogP contribution is 2.26. The molecule has 0 aromatic heterocycles. The quantitative estimate of drug-likeness (QED) is 0.809. The van der Waals surface area contributed by atoms with Crippen molar-refractivity contribution in [2.24, 2.45) is 0 Å². The number of hydrogen-bond acceptors (Lipinski definition) is 2. The van der Waals surface area contributed by atoms with Crippen LogP contribution in [0.25, 0.3) is 0 Å². The molecule has 94 valence electrons. The fourth-order valence-corrected chi connectivity index (χ4v) is 2.03. The minimum Gasteiger partial charge on any atom is -0.508 e. The van der Waals surface area contributed by atoms with Crippen molar-refractivity contribution in [3.05, 3.63) is 58.1 Å². The largest absolute Gasteiger partial charge is 0.508 e. The molecule has 0 amide bonds. The Morgan fingerprint density at radius 1 is 1.11 bits per heavy atom. The van der Waals surface area contributed by atoms with Crippen LogP contribution in [0.3, 0.4) is 0 Å². The molecule has 0 aliphatic rings. The molecule has 0 aliphatic carbocycles. The van der Waals surface area contributed by atoms with E-state index in [0.29, 0.717) is 12.3 Å². The summed E-state index contributed by atoms with van der Waals surface area (Å²) in [6, 6.07) is 11.5. The average molecular weight is 262 g/mol. The zero-order valence-electron chi connectivity index (χ0n) is 10.5. The first-order valence-electron chi connectivity index (χ1n) is 5.85. The van der Waals surface area contributed by atoms with Gasteiger partial charge in [-0.3, -0.25) is 0 Å². The van der Waals surface area contributed by atoms with Crippen molar-refractivity contribution in [2.45, 2.75) is 20.4 Å². The molecule has 18 heavy (non-hydrogen) atoms. The molecule has 0 unspecified atom stereocenters. The highest BCUT2D eigenvalue weighted by Gasteiger charge is 2.04. The van der Waals surface area contributed by atoms with Crippen LogP contribution in [0.1, 0.15) is 16.7 Å². The van der Waals surface area contributed by atoms with E-state index in [1.165, 1.54) is 0 Å². The molecule has 2 nitrogen and oxygen atoms in total. The van der Waals surface area contributed by atoms with Crippen molar-refractivity contribution >= 4 is 17.3 Å². The van der Waals surface area contributed by atoms with Gasteiger partial charge in [0, 0.05) is 17.3 Å². The van der Waals surface area contributed by atoms with Crippen LogP contribution >= 0.6 is 11.6 Å². The molecule has 3 heteroatoms. The maximum atomic E-state index is 9.61. The van der Waals surface area contributed by atoms with E-state index in [-0.39, 0.29) is 0 Å². The van der Waals surface area contributed by atoms with Crippen molar-refractivity contribution < 1.29 is 5.11 Å². The van der Waals surface area contributed by atoms with E-state index in [9.17, 15) is 5.11 Å². The molecule has 0 saturated carbocycles. The van der Waals surface area contributed by atoms with Gasteiger partial charge in [-0.1, -0.05) is 29.8 Å². The smallest absolute Gasteiger partial charge is 0.118 e. The molecular weight excluding hydrogens is 246 g/mol. The van der Waals surface area contributed by atoms with E-state index in [2.05, 4.69) is 5.32 Å². The highest BCUT2D eigenvalue weighted by atomic mass is 35.5. The summed E-state index contributed by atoms with van der Waals surface area (Å²) in [6.07, 6.45) is 0. The van der Waals surface area contributed by atoms with Gasteiger partial charge in [0.05, 0.1) is 0 Å². The first kappa shape index (κ1) is 12.8. The topological polar surface area (TPSA) is 32.3 Å². The average Bonchev–Trinajstić information content (AvgIpc) is 2.34. The zero-order valence-corrected chi connectivity index (χ0v) is 11.3. The number of benzene rings is 2. The Balaban J connectivity index is 2.16. The van der Waals surface area contributed by atoms with Crippen molar-refractivity contribution in [3.63, 3.8) is 0 Å². The Hall–Kier alpha value is -1.67. The Kier molecular flexibility index (Phi) is 3.78. The maximum Gasteiger partial charge on any atom is 0.118 e. The van der Waals surface area contributed by atoms with Gasteiger partial charge in [0.1, 0.15) is 5.75 Å². The van der Waals surface area contributed by atoms with Gasteiger partial charge in [0.2, 0.25) is 0 Å². The number of aryl methyl sites for hydroxylation is 2. The molecule has 0 radical (unpaired) electrons. The summed E-state index contributed by atoms with van der Waals surface area (Å²) < 4.78 is 0. The number of phenols is 1. The molecule has 0 fully saturated rings. The van der Waals surface area contributed by atoms with E-state index < -0.39 is 0 Å². The van der Waals surface area contributed by atoms with Gasteiger partial charge in [0.15, 0.2) is 0 Å². The summed E-state index contributed by atoms with van der Waals surface area (Å²) >= 11 is 6.11. The predicted molar refractivity (Wildman–Crippen MR) is 76.4 cm³/mol. The first-order valence-corrected chi connectivity index (χ1v) is 6.23. The SMILES string of the molecule is Cc1cc(NCc2ccccc2Cl)c(C)cc1O. The van der Waals surface area contributed by atoms with Crippen LogP contribution in [-0.2, 0) is 6.54 Å². The molecule has 0 spiro atoms. The minimum atomic E-state index is 0.329. The van der Waals surface area contributed by atoms with Gasteiger partial charge in [-0.15, -0.1) is 0 Å². The minimum absolute atomic E-state index is 0.329. The number of phenolic OH excluding ortho intramolecular Hbond substituents is 1. The molecule has 0 saturated heterocycles. The van der Waals surface area contributed by atoms with Gasteiger partial charge >= 0.3 is 0 Å². The molecule has 0 heterocycles. The third-order valence-electron chi connectivity index (χ3n) is 2.97. The van der Waals surface area contributed by atoms with Crippen LogP contribution in [0, 0.1) is 13.8 Å². The number of halogens is 1. The van der Waals surface area contributed by atoms with Gasteiger partial charge in [-0.05, 0) is 48.7 Å². The molecule has 2 rings (SSSR count). The Morgan fingerprint density at radius 3 is 2.56 bits per heavy atom. The summed E-state index contributed by atoms with van der Waals surface area (Å²) in [7, 11) is 0. The third-order valence-corrected chi connectivity index (χ3v) is 3.34. The Bertz CT molecular complexity index is 566. The van der Waals surface area contributed by atoms with Crippen molar-refractivity contribution in [3.8, 4) is 5.75 Å². The monoisotopic (exact) mass is 261 g/mol. The van der Waals surface area contributed by atoms with Gasteiger partial charge in [-0.2, -0.15) is 0 Å². The van der Waals surface area contributed by atoms with Crippen molar-refractivity contribution in [2.75, 3.05) is 5.32 Å². The predicted octanol–water partition coefficient (Wildman–Crippen LogP) is 4.27. The van der Waals surface area contributed by atoms with E-state index in [1.807, 2.05) is 44.2 Å². The first-order chi connectivity index (χ1) is 8.58. The fourth-order valence-electron chi connectivity index (χ4n) is 1.82. The van der Waals surface area contributed by atoms with Gasteiger partial charge in [-0.25, -0.2) is 0 Å². The van der Waals surface area contributed by atoms with Crippen molar-refractivity contribution in [1.29, 1.82) is 0 Å². The Labute approximate surface area is 112 Å². The van der Waals surface area contributed by atoms with Crippen LogP contribution in [0.15, 0.2) is 36.4 Å². The van der Waals surface area contributed by atoms with Crippen LogP contribution in [-0.4, -0.2) is 5.11 Å². The van der Waals surface area contributed by atoms with Gasteiger partial charge < -0.3 is 10.4 Å². The summed E-state index contributed by atoms with van der Waals surface area (Å²) in [6.45, 7) is 4.52. The van der Waals surface area contributed by atoms with Crippen LogP contribution in [0.2, 0.25) is 5.02 Å². The highest BCUT2D eigenvalue weighted by molar-refractivity contribution is 6.31. The van der Waals surface area contributed by atoms with Gasteiger partial charge in [0.25, 0.3) is 0 Å². The van der Waals surface area contributed by atoms with Crippen LogP contribution in [0.5, 0.6) is 5.75 Å². The lowest BCUT2D eigenvalue weighted by Crippen LogP contribution is -2.02. The number of anilines is 1. The lowest BCUT2D eigenvalue weighted by Gasteiger charge is -2.12. The second kappa shape index (κ2) is 5.32. The number of aromatic hydroxyl groups is 1. The second-order valence-electron chi connectivity index (χ2n) is 4.40. The molecule has 2 aromatic rings. The number of hydrogen-bond donors (Lipinski definition) is 2. The third kappa shape index (κ3) is 2.77. The number of rotatable bonds is 3. The lowest BCUT2D eigenvalue weighted by molar-refractivity contribution is 0.471. The van der Waals surface area contributed by atoms with E-state index in [4.69, 9.17) is 11.6 Å². The molecule has 0 atom stereocenters. The summed E-state index contributed by atoms with van der Waals surface area (Å²) in [5, 5.41) is 13.7. The van der Waals surface area contributed by atoms with E-state index in [1.54, 1.807) is 6.07 Å². The fraction of sp³-hybridized carbons (Fsp3) is 0.200.